The van der Waals surface area contributed by atoms with Crippen molar-refractivity contribution in [2.75, 3.05) is 18.0 Å². The van der Waals surface area contributed by atoms with Gasteiger partial charge in [0, 0.05) is 30.8 Å². The molecule has 0 amide bonds. The third kappa shape index (κ3) is 4.15. The first kappa shape index (κ1) is 15.2. The van der Waals surface area contributed by atoms with Crippen molar-refractivity contribution in [2.24, 2.45) is 0 Å². The molecule has 0 atom stereocenters. The molecule has 2 nitrogen and oxygen atoms in total. The lowest BCUT2D eigenvalue weighted by molar-refractivity contribution is 0.0984. The number of aryl methyl sites for hydroxylation is 1. The molecule has 0 saturated carbocycles. The number of carbonyl (C=O) groups excluding carboxylic acids is 1. The fourth-order valence-corrected chi connectivity index (χ4v) is 2.31. The molecule has 2 rings (SSSR count). The maximum Gasteiger partial charge on any atom is 0.164 e. The molecular formula is C18H20FNO. The number of hydrogen-bond donors (Lipinski definition) is 0. The Hall–Kier alpha value is -2.16. The number of anilines is 1. The van der Waals surface area contributed by atoms with Gasteiger partial charge in [0.05, 0.1) is 0 Å². The fraction of sp³-hybridized carbons (Fsp3) is 0.278. The van der Waals surface area contributed by atoms with Gasteiger partial charge in [-0.3, -0.25) is 4.79 Å². The minimum absolute atomic E-state index is 0.0427. The van der Waals surface area contributed by atoms with E-state index in [1.165, 1.54) is 17.7 Å². The number of rotatable bonds is 6. The van der Waals surface area contributed by atoms with Crippen LogP contribution in [0.1, 0.15) is 29.3 Å². The van der Waals surface area contributed by atoms with Gasteiger partial charge in [-0.15, -0.1) is 0 Å². The second-order valence-corrected chi connectivity index (χ2v) is 5.10. The smallest absolute Gasteiger partial charge is 0.164 e. The van der Waals surface area contributed by atoms with E-state index < -0.39 is 0 Å². The standard InChI is InChI=1S/C18H20FNO/c1-3-20(17-6-4-5-14(2)13-17)12-11-18(21)15-7-9-16(19)10-8-15/h4-10,13H,3,11-12H2,1-2H3. The zero-order valence-corrected chi connectivity index (χ0v) is 12.5. The van der Waals surface area contributed by atoms with Gasteiger partial charge < -0.3 is 4.90 Å². The van der Waals surface area contributed by atoms with Gasteiger partial charge in [0.2, 0.25) is 0 Å². The fourth-order valence-electron chi connectivity index (χ4n) is 2.31. The monoisotopic (exact) mass is 285 g/mol. The van der Waals surface area contributed by atoms with E-state index in [4.69, 9.17) is 0 Å². The highest BCUT2D eigenvalue weighted by molar-refractivity contribution is 5.96. The predicted octanol–water partition coefficient (Wildman–Crippen LogP) is 4.23. The second kappa shape index (κ2) is 7.02. The maximum absolute atomic E-state index is 12.9. The molecular weight excluding hydrogens is 265 g/mol. The van der Waals surface area contributed by atoms with Crippen molar-refractivity contribution in [3.05, 3.63) is 65.5 Å². The summed E-state index contributed by atoms with van der Waals surface area (Å²) in [5, 5.41) is 0. The van der Waals surface area contributed by atoms with E-state index in [9.17, 15) is 9.18 Å². The number of halogens is 1. The van der Waals surface area contributed by atoms with Crippen molar-refractivity contribution in [3.8, 4) is 0 Å². The second-order valence-electron chi connectivity index (χ2n) is 5.10. The number of nitrogens with zero attached hydrogens (tertiary/aromatic N) is 1. The lowest BCUT2D eigenvalue weighted by atomic mass is 10.1. The number of carbonyl (C=O) groups is 1. The van der Waals surface area contributed by atoms with Crippen LogP contribution in [0.5, 0.6) is 0 Å². The van der Waals surface area contributed by atoms with Crippen LogP contribution in [0.3, 0.4) is 0 Å². The quantitative estimate of drug-likeness (QED) is 0.740. The average Bonchev–Trinajstić information content (AvgIpc) is 2.48. The normalized spacial score (nSPS) is 10.4. The van der Waals surface area contributed by atoms with E-state index in [1.54, 1.807) is 12.1 Å². The molecule has 0 unspecified atom stereocenters. The van der Waals surface area contributed by atoms with Gasteiger partial charge in [0.15, 0.2) is 5.78 Å². The van der Waals surface area contributed by atoms with E-state index in [0.717, 1.165) is 12.2 Å². The Morgan fingerprint density at radius 2 is 1.86 bits per heavy atom. The maximum atomic E-state index is 12.9. The van der Waals surface area contributed by atoms with Crippen LogP contribution in [0.2, 0.25) is 0 Å². The number of benzene rings is 2. The molecule has 0 bridgehead atoms. The Morgan fingerprint density at radius 1 is 1.14 bits per heavy atom. The Labute approximate surface area is 125 Å². The number of hydrogen-bond acceptors (Lipinski definition) is 2. The van der Waals surface area contributed by atoms with Crippen molar-refractivity contribution in [2.45, 2.75) is 20.3 Å². The molecule has 21 heavy (non-hydrogen) atoms. The van der Waals surface area contributed by atoms with Gasteiger partial charge in [-0.05, 0) is 55.8 Å². The zero-order valence-electron chi connectivity index (χ0n) is 12.5. The SMILES string of the molecule is CCN(CCC(=O)c1ccc(F)cc1)c1cccc(C)c1. The summed E-state index contributed by atoms with van der Waals surface area (Å²) in [7, 11) is 0. The molecule has 0 aliphatic rings. The van der Waals surface area contributed by atoms with Crippen LogP contribution in [-0.2, 0) is 0 Å². The summed E-state index contributed by atoms with van der Waals surface area (Å²) < 4.78 is 12.9. The molecule has 0 N–H and O–H groups in total. The molecule has 3 heteroatoms. The Balaban J connectivity index is 2.00. The van der Waals surface area contributed by atoms with Gasteiger partial charge in [-0.1, -0.05) is 12.1 Å². The lowest BCUT2D eigenvalue weighted by Gasteiger charge is -2.23. The molecule has 0 aromatic heterocycles. The third-order valence-electron chi connectivity index (χ3n) is 3.52. The lowest BCUT2D eigenvalue weighted by Crippen LogP contribution is -2.25. The minimum Gasteiger partial charge on any atom is -0.371 e. The summed E-state index contributed by atoms with van der Waals surface area (Å²) in [4.78, 5) is 14.3. The Morgan fingerprint density at radius 3 is 2.48 bits per heavy atom. The van der Waals surface area contributed by atoms with E-state index in [2.05, 4.69) is 36.9 Å². The predicted molar refractivity (Wildman–Crippen MR) is 84.4 cm³/mol. The first-order chi connectivity index (χ1) is 10.1. The van der Waals surface area contributed by atoms with Crippen molar-refractivity contribution >= 4 is 11.5 Å². The number of ketones is 1. The van der Waals surface area contributed by atoms with E-state index in [-0.39, 0.29) is 11.6 Å². The van der Waals surface area contributed by atoms with E-state index in [0.29, 0.717) is 18.5 Å². The van der Waals surface area contributed by atoms with E-state index in [1.807, 2.05) is 6.07 Å². The van der Waals surface area contributed by atoms with E-state index >= 15 is 0 Å². The van der Waals surface area contributed by atoms with Crippen molar-refractivity contribution in [1.29, 1.82) is 0 Å². The molecule has 2 aromatic rings. The van der Waals surface area contributed by atoms with Crippen LogP contribution in [0, 0.1) is 12.7 Å². The summed E-state index contributed by atoms with van der Waals surface area (Å²) in [6.45, 7) is 5.64. The van der Waals surface area contributed by atoms with Crippen LogP contribution in [0.25, 0.3) is 0 Å². The molecule has 0 spiro atoms. The molecule has 2 aromatic carbocycles. The number of Topliss-reactive ketones (excluding diaryl/α,β-unsaturated/α-hetero) is 1. The van der Waals surface area contributed by atoms with Crippen LogP contribution in [-0.4, -0.2) is 18.9 Å². The summed E-state index contributed by atoms with van der Waals surface area (Å²) in [6, 6.07) is 14.0. The summed E-state index contributed by atoms with van der Waals surface area (Å²) in [5.74, 6) is -0.275. The third-order valence-corrected chi connectivity index (χ3v) is 3.52. The van der Waals surface area contributed by atoms with Crippen molar-refractivity contribution in [3.63, 3.8) is 0 Å². The molecule has 0 heterocycles. The first-order valence-electron chi connectivity index (χ1n) is 7.20. The van der Waals surface area contributed by atoms with Crippen molar-refractivity contribution < 1.29 is 9.18 Å². The molecule has 0 aliphatic heterocycles. The molecule has 0 saturated heterocycles. The van der Waals surface area contributed by atoms with Gasteiger partial charge in [0.25, 0.3) is 0 Å². The first-order valence-corrected chi connectivity index (χ1v) is 7.20. The largest absolute Gasteiger partial charge is 0.371 e. The highest BCUT2D eigenvalue weighted by atomic mass is 19.1. The average molecular weight is 285 g/mol. The highest BCUT2D eigenvalue weighted by Gasteiger charge is 2.10. The molecule has 0 fully saturated rings. The Kier molecular flexibility index (Phi) is 5.09. The summed E-state index contributed by atoms with van der Waals surface area (Å²) >= 11 is 0. The summed E-state index contributed by atoms with van der Waals surface area (Å²) in [6.07, 6.45) is 0.424. The van der Waals surface area contributed by atoms with Crippen LogP contribution in [0.4, 0.5) is 10.1 Å². The van der Waals surface area contributed by atoms with Gasteiger partial charge >= 0.3 is 0 Å². The topological polar surface area (TPSA) is 20.3 Å². The van der Waals surface area contributed by atoms with Crippen LogP contribution >= 0.6 is 0 Å². The van der Waals surface area contributed by atoms with Crippen molar-refractivity contribution in [1.82, 2.24) is 0 Å². The minimum atomic E-state index is -0.318. The zero-order chi connectivity index (χ0) is 15.2. The van der Waals surface area contributed by atoms with Crippen LogP contribution in [0.15, 0.2) is 48.5 Å². The Bertz CT molecular complexity index is 607. The molecule has 0 radical (unpaired) electrons. The molecule has 110 valence electrons. The van der Waals surface area contributed by atoms with Crippen LogP contribution < -0.4 is 4.90 Å². The summed E-state index contributed by atoms with van der Waals surface area (Å²) in [5.41, 5.74) is 2.90. The van der Waals surface area contributed by atoms with Gasteiger partial charge in [-0.2, -0.15) is 0 Å². The molecule has 0 aliphatic carbocycles. The highest BCUT2D eigenvalue weighted by Crippen LogP contribution is 2.16. The van der Waals surface area contributed by atoms with Gasteiger partial charge in [-0.25, -0.2) is 4.39 Å². The van der Waals surface area contributed by atoms with Gasteiger partial charge in [0.1, 0.15) is 5.82 Å².